The van der Waals surface area contributed by atoms with Crippen LogP contribution in [0, 0.1) is 6.92 Å². The van der Waals surface area contributed by atoms with E-state index in [0.29, 0.717) is 13.0 Å². The Bertz CT molecular complexity index is 913. The van der Waals surface area contributed by atoms with Gasteiger partial charge in [0.2, 0.25) is 6.41 Å². The summed E-state index contributed by atoms with van der Waals surface area (Å²) >= 11 is 3.51. The van der Waals surface area contributed by atoms with E-state index in [1.807, 2.05) is 13.1 Å². The molecule has 1 amide bonds. The van der Waals surface area contributed by atoms with Gasteiger partial charge in [-0.05, 0) is 53.6 Å². The Labute approximate surface area is 168 Å². The number of carbonyl (C=O) groups excluding carboxylic acids is 1. The highest BCUT2D eigenvalue weighted by atomic mass is 79.9. The number of amides is 1. The van der Waals surface area contributed by atoms with E-state index in [1.54, 1.807) is 0 Å². The summed E-state index contributed by atoms with van der Waals surface area (Å²) in [6, 6.07) is 18.7. The molecular weight excluding hydrogens is 406 g/mol. The topological polar surface area (TPSA) is 67.6 Å². The van der Waals surface area contributed by atoms with E-state index in [4.69, 9.17) is 10.6 Å². The summed E-state index contributed by atoms with van der Waals surface area (Å²) in [6.07, 6.45) is 0.528. The van der Waals surface area contributed by atoms with Crippen molar-refractivity contribution in [1.82, 2.24) is 5.01 Å². The number of nitrogens with one attached hydrogen (secondary N) is 1. The van der Waals surface area contributed by atoms with E-state index >= 15 is 0 Å². The number of anilines is 1. The number of aryl methyl sites for hydroxylation is 1. The Morgan fingerprint density at radius 1 is 1.15 bits per heavy atom. The first kappa shape index (κ1) is 20.7. The van der Waals surface area contributed by atoms with E-state index < -0.39 is 0 Å². The van der Waals surface area contributed by atoms with Crippen molar-refractivity contribution in [2.45, 2.75) is 13.5 Å². The smallest absolute Gasteiger partial charge is 0.223 e. The number of hydrogen-bond acceptors (Lipinski definition) is 4. The molecule has 0 aromatic heterocycles. The summed E-state index contributed by atoms with van der Waals surface area (Å²) in [5.41, 5.74) is 3.54. The van der Waals surface area contributed by atoms with Gasteiger partial charge >= 0.3 is 0 Å². The molecule has 0 aliphatic carbocycles. The number of carbonyl (C=O) groups is 1. The number of rotatable bonds is 5. The van der Waals surface area contributed by atoms with E-state index in [2.05, 4.69) is 76.7 Å². The SMILES string of the molecule is CN(N)C=O.CNc1cccc(C)c1COc1ccc2ccc(Br)cc2c1. The maximum absolute atomic E-state index is 9.31. The molecule has 3 rings (SSSR count). The Morgan fingerprint density at radius 3 is 2.52 bits per heavy atom. The van der Waals surface area contributed by atoms with Gasteiger partial charge in [-0.25, -0.2) is 5.84 Å². The van der Waals surface area contributed by atoms with Crippen LogP contribution >= 0.6 is 15.9 Å². The van der Waals surface area contributed by atoms with E-state index in [9.17, 15) is 4.79 Å². The quantitative estimate of drug-likeness (QED) is 0.271. The monoisotopic (exact) mass is 429 g/mol. The maximum atomic E-state index is 9.31. The van der Waals surface area contributed by atoms with Crippen molar-refractivity contribution in [3.05, 3.63) is 70.2 Å². The van der Waals surface area contributed by atoms with Crippen LogP contribution in [0.3, 0.4) is 0 Å². The Kier molecular flexibility index (Phi) is 7.64. The van der Waals surface area contributed by atoms with E-state index in [-0.39, 0.29) is 0 Å². The van der Waals surface area contributed by atoms with Gasteiger partial charge in [0.15, 0.2) is 0 Å². The lowest BCUT2D eigenvalue weighted by Gasteiger charge is -2.14. The van der Waals surface area contributed by atoms with Gasteiger partial charge in [-0.15, -0.1) is 0 Å². The highest BCUT2D eigenvalue weighted by Crippen LogP contribution is 2.26. The number of hydrazine groups is 1. The van der Waals surface area contributed by atoms with Crippen LogP contribution in [-0.4, -0.2) is 25.5 Å². The Hall–Kier alpha value is -2.57. The zero-order valence-electron chi connectivity index (χ0n) is 15.7. The van der Waals surface area contributed by atoms with Crippen molar-refractivity contribution in [3.8, 4) is 5.75 Å². The summed E-state index contributed by atoms with van der Waals surface area (Å²) in [5, 5.41) is 6.55. The van der Waals surface area contributed by atoms with Crippen LogP contribution in [0.25, 0.3) is 10.8 Å². The van der Waals surface area contributed by atoms with Crippen molar-refractivity contribution < 1.29 is 9.53 Å². The fraction of sp³-hybridized carbons (Fsp3) is 0.190. The third-order valence-electron chi connectivity index (χ3n) is 4.00. The van der Waals surface area contributed by atoms with Crippen molar-refractivity contribution in [1.29, 1.82) is 0 Å². The van der Waals surface area contributed by atoms with Gasteiger partial charge in [0.25, 0.3) is 0 Å². The van der Waals surface area contributed by atoms with Crippen molar-refractivity contribution in [2.24, 2.45) is 5.84 Å². The lowest BCUT2D eigenvalue weighted by Crippen LogP contribution is -2.23. The predicted octanol–water partition coefficient (Wildman–Crippen LogP) is 4.48. The third-order valence-corrected chi connectivity index (χ3v) is 4.50. The molecule has 0 unspecified atom stereocenters. The van der Waals surface area contributed by atoms with Gasteiger partial charge in [0.05, 0.1) is 0 Å². The Balaban J connectivity index is 0.000000465. The van der Waals surface area contributed by atoms with Crippen molar-refractivity contribution in [3.63, 3.8) is 0 Å². The molecule has 0 bridgehead atoms. The average Bonchev–Trinajstić information content (AvgIpc) is 2.66. The molecule has 0 radical (unpaired) electrons. The number of nitrogens with zero attached hydrogens (tertiary/aromatic N) is 1. The molecule has 0 heterocycles. The molecule has 3 N–H and O–H groups in total. The fourth-order valence-electron chi connectivity index (χ4n) is 2.57. The zero-order chi connectivity index (χ0) is 19.8. The number of hydrogen-bond donors (Lipinski definition) is 2. The highest BCUT2D eigenvalue weighted by molar-refractivity contribution is 9.10. The van der Waals surface area contributed by atoms with Crippen LogP contribution in [0.5, 0.6) is 5.75 Å². The van der Waals surface area contributed by atoms with Gasteiger partial charge < -0.3 is 10.1 Å². The first-order chi connectivity index (χ1) is 12.9. The molecule has 5 nitrogen and oxygen atoms in total. The van der Waals surface area contributed by atoms with Crippen LogP contribution in [0.2, 0.25) is 0 Å². The first-order valence-electron chi connectivity index (χ1n) is 8.45. The lowest BCUT2D eigenvalue weighted by molar-refractivity contribution is -0.117. The average molecular weight is 430 g/mol. The van der Waals surface area contributed by atoms with Crippen molar-refractivity contribution in [2.75, 3.05) is 19.4 Å². The molecule has 0 aliphatic heterocycles. The van der Waals surface area contributed by atoms with Crippen molar-refractivity contribution >= 4 is 38.8 Å². The van der Waals surface area contributed by atoms with Gasteiger partial charge in [-0.3, -0.25) is 9.80 Å². The second-order valence-electron chi connectivity index (χ2n) is 6.06. The highest BCUT2D eigenvalue weighted by Gasteiger charge is 2.06. The summed E-state index contributed by atoms with van der Waals surface area (Å²) in [5.74, 6) is 5.64. The number of benzene rings is 3. The molecule has 0 saturated carbocycles. The molecule has 27 heavy (non-hydrogen) atoms. The molecule has 3 aromatic rings. The molecule has 6 heteroatoms. The zero-order valence-corrected chi connectivity index (χ0v) is 17.3. The van der Waals surface area contributed by atoms with Crippen LogP contribution in [0.4, 0.5) is 5.69 Å². The minimum atomic E-state index is 0.528. The van der Waals surface area contributed by atoms with Gasteiger partial charge in [0.1, 0.15) is 12.4 Å². The predicted molar refractivity (Wildman–Crippen MR) is 115 cm³/mol. The van der Waals surface area contributed by atoms with Gasteiger partial charge in [-0.2, -0.15) is 0 Å². The second kappa shape index (κ2) is 9.94. The largest absolute Gasteiger partial charge is 0.489 e. The second-order valence-corrected chi connectivity index (χ2v) is 6.98. The summed E-state index contributed by atoms with van der Waals surface area (Å²) in [7, 11) is 3.40. The standard InChI is InChI=1S/C19H18BrNO.C2H6N2O/c1-13-4-3-5-19(21-2)18(13)12-22-17-9-7-14-6-8-16(20)10-15(14)11-17;1-4(3)2-5/h3-11,21H,12H2,1-2H3;2H,3H2,1H3. The van der Waals surface area contributed by atoms with Crippen LogP contribution < -0.4 is 15.9 Å². The Morgan fingerprint density at radius 2 is 1.85 bits per heavy atom. The molecule has 0 aliphatic rings. The molecule has 0 fully saturated rings. The molecule has 142 valence electrons. The van der Waals surface area contributed by atoms with Crippen LogP contribution in [-0.2, 0) is 11.4 Å². The molecular formula is C21H24BrN3O2. The molecule has 3 aromatic carbocycles. The maximum Gasteiger partial charge on any atom is 0.223 e. The minimum Gasteiger partial charge on any atom is -0.489 e. The van der Waals surface area contributed by atoms with Crippen LogP contribution in [0.1, 0.15) is 11.1 Å². The minimum absolute atomic E-state index is 0.528. The molecule has 0 spiro atoms. The van der Waals surface area contributed by atoms with Gasteiger partial charge in [0, 0.05) is 29.8 Å². The molecule has 0 saturated heterocycles. The number of nitrogens with two attached hydrogens (primary N) is 1. The summed E-state index contributed by atoms with van der Waals surface area (Å²) in [4.78, 5) is 9.31. The third kappa shape index (κ3) is 5.98. The van der Waals surface area contributed by atoms with Crippen LogP contribution in [0.15, 0.2) is 59.1 Å². The number of halogens is 1. The number of fused-ring (bicyclic) bond motifs is 1. The normalized spacial score (nSPS) is 9.96. The summed E-state index contributed by atoms with van der Waals surface area (Å²) < 4.78 is 7.09. The lowest BCUT2D eigenvalue weighted by atomic mass is 10.1. The number of ether oxygens (including phenoxy) is 1. The fourth-order valence-corrected chi connectivity index (χ4v) is 2.95. The van der Waals surface area contributed by atoms with Gasteiger partial charge in [-0.1, -0.05) is 40.2 Å². The molecule has 0 atom stereocenters. The van der Waals surface area contributed by atoms with E-state index in [1.165, 1.54) is 28.9 Å². The first-order valence-corrected chi connectivity index (χ1v) is 9.25. The summed E-state index contributed by atoms with van der Waals surface area (Å²) in [6.45, 7) is 2.67. The van der Waals surface area contributed by atoms with E-state index in [0.717, 1.165) is 20.9 Å².